The van der Waals surface area contributed by atoms with E-state index < -0.39 is 114 Å². The Hall–Kier alpha value is -6.88. The molecule has 86 heavy (non-hydrogen) atoms. The minimum Gasteiger partial charge on any atom is -0.394 e. The number of amides is 10. The molecule has 13 atom stereocenters. The van der Waals surface area contributed by atoms with Gasteiger partial charge in [0.1, 0.15) is 42.3 Å². The lowest BCUT2D eigenvalue weighted by atomic mass is 10.0. The maximum atomic E-state index is 15.1. The molecule has 0 spiro atoms. The summed E-state index contributed by atoms with van der Waals surface area (Å²) in [5.41, 5.74) is 8.53. The summed E-state index contributed by atoms with van der Waals surface area (Å²) in [5, 5.41) is 60.1. The summed E-state index contributed by atoms with van der Waals surface area (Å²) < 4.78 is 0. The van der Waals surface area contributed by atoms with E-state index in [0.29, 0.717) is 42.4 Å². The molecule has 3 aromatic carbocycles. The number of thioether (sulfide) groups is 1. The standard InChI is InChI=1S/C59H80N12O12S3/c1-33(73)44(29-72)66-57(81)47-32-86-85-31-46(67-53(77)41(25-35-15-5-3-6-16-35)62-49(75)23-12-11-22-48-51-45(30-84-48)69-59(83)71-51)56(80)64-42(26-36-17-7-4-8-18-36)54(78)65-43(27-37-28-61-39-20-10-9-19-38(37)39)55(79)63-40(21-13-14-24-60)52(76)70-50(34(2)74)58(82)68-47/h3-10,15-20,28,33-34,40-48,50-51,61,72-74H,11-14,21-27,29-32,60H2,1-2H3,(H,62,75)(H,63,79)(H,64,80)(H,65,78)(H,66,81)(H,67,77)(H,68,82)(H,70,76)(H2,69,71,83)/t33-,34-,40+,41-,42?,43-,44-,45+,46+,47?,48+,50?,51+/m1/s1. The Bertz CT molecular complexity index is 2940. The maximum absolute atomic E-state index is 15.1. The van der Waals surface area contributed by atoms with Crippen LogP contribution >= 0.6 is 33.3 Å². The third-order valence-corrected chi connectivity index (χ3v) is 19.2. The lowest BCUT2D eigenvalue weighted by Crippen LogP contribution is -2.62. The van der Waals surface area contributed by atoms with Crippen LogP contribution in [0.2, 0.25) is 0 Å². The molecule has 466 valence electrons. The van der Waals surface area contributed by atoms with E-state index in [9.17, 15) is 48.9 Å². The summed E-state index contributed by atoms with van der Waals surface area (Å²) in [4.78, 5) is 131. The highest BCUT2D eigenvalue weighted by Crippen LogP contribution is 2.33. The van der Waals surface area contributed by atoms with E-state index in [-0.39, 0.29) is 73.5 Å². The molecule has 3 aliphatic rings. The van der Waals surface area contributed by atoms with Crippen molar-refractivity contribution in [1.82, 2.24) is 58.2 Å². The van der Waals surface area contributed by atoms with Gasteiger partial charge in [-0.25, -0.2) is 4.79 Å². The van der Waals surface area contributed by atoms with Crippen molar-refractivity contribution in [2.75, 3.05) is 30.4 Å². The summed E-state index contributed by atoms with van der Waals surface area (Å²) in [6, 6.07) is 13.8. The second-order valence-corrected chi connectivity index (χ2v) is 25.7. The fraction of sp³-hybridized carbons (Fsp3) is 0.508. The predicted molar refractivity (Wildman–Crippen MR) is 330 cm³/mol. The average molecular weight is 1250 g/mol. The molecule has 1 aromatic heterocycles. The van der Waals surface area contributed by atoms with Crippen molar-refractivity contribution in [2.45, 2.75) is 156 Å². The van der Waals surface area contributed by atoms with Gasteiger partial charge in [-0.15, -0.1) is 0 Å². The molecule has 0 bridgehead atoms. The van der Waals surface area contributed by atoms with Gasteiger partial charge in [-0.1, -0.05) is 107 Å². The van der Waals surface area contributed by atoms with Crippen molar-refractivity contribution in [1.29, 1.82) is 0 Å². The number of rotatable bonds is 23. The minimum atomic E-state index is -1.70. The molecule has 7 rings (SSSR count). The Labute approximate surface area is 511 Å². The second kappa shape index (κ2) is 33.3. The summed E-state index contributed by atoms with van der Waals surface area (Å²) >= 11 is 1.77. The molecule has 27 heteroatoms. The lowest BCUT2D eigenvalue weighted by Gasteiger charge is -2.29. The number of aromatic nitrogens is 1. The molecule has 0 saturated carbocycles. The van der Waals surface area contributed by atoms with Gasteiger partial charge in [-0.05, 0) is 75.3 Å². The zero-order valence-electron chi connectivity index (χ0n) is 48.1. The first-order valence-corrected chi connectivity index (χ1v) is 32.6. The largest absolute Gasteiger partial charge is 0.394 e. The zero-order chi connectivity index (χ0) is 61.7. The van der Waals surface area contributed by atoms with E-state index in [2.05, 4.69) is 58.2 Å². The summed E-state index contributed by atoms with van der Waals surface area (Å²) in [6.07, 6.45) is 1.54. The topological polar surface area (TPSA) is 376 Å². The first kappa shape index (κ1) is 66.6. The molecule has 0 aliphatic carbocycles. The highest BCUT2D eigenvalue weighted by Gasteiger charge is 2.43. The Kier molecular flexibility index (Phi) is 25.8. The lowest BCUT2D eigenvalue weighted by molar-refractivity contribution is -0.136. The van der Waals surface area contributed by atoms with Crippen LogP contribution < -0.4 is 58.9 Å². The third-order valence-electron chi connectivity index (χ3n) is 15.2. The number of nitrogens with two attached hydrogens (primary N) is 1. The van der Waals surface area contributed by atoms with Crippen LogP contribution in [0.5, 0.6) is 0 Å². The van der Waals surface area contributed by atoms with Crippen molar-refractivity contribution in [2.24, 2.45) is 5.73 Å². The van der Waals surface area contributed by atoms with Gasteiger partial charge in [-0.2, -0.15) is 11.8 Å². The number of urea groups is 1. The van der Waals surface area contributed by atoms with Crippen LogP contribution in [0.4, 0.5) is 4.79 Å². The summed E-state index contributed by atoms with van der Waals surface area (Å²) in [6.45, 7) is 2.16. The highest BCUT2D eigenvalue weighted by atomic mass is 33.1. The van der Waals surface area contributed by atoms with E-state index >= 15 is 9.59 Å². The average Bonchev–Trinajstić information content (AvgIpc) is 3.45. The van der Waals surface area contributed by atoms with Crippen LogP contribution in [0.3, 0.4) is 0 Å². The van der Waals surface area contributed by atoms with Gasteiger partial charge in [0.2, 0.25) is 47.3 Å². The van der Waals surface area contributed by atoms with Crippen LogP contribution in [0.25, 0.3) is 10.9 Å². The predicted octanol–water partition coefficient (Wildman–Crippen LogP) is 0.0779. The van der Waals surface area contributed by atoms with Crippen molar-refractivity contribution in [3.63, 3.8) is 0 Å². The number of benzene rings is 3. The first-order valence-electron chi connectivity index (χ1n) is 29.1. The molecule has 4 aromatic rings. The molecular weight excluding hydrogens is 1160 g/mol. The molecule has 3 saturated heterocycles. The molecule has 0 radical (unpaired) electrons. The third kappa shape index (κ3) is 19.6. The second-order valence-electron chi connectivity index (χ2n) is 21.9. The molecule has 3 unspecified atom stereocenters. The van der Waals surface area contributed by atoms with E-state index in [4.69, 9.17) is 5.73 Å². The van der Waals surface area contributed by atoms with E-state index in [1.807, 2.05) is 24.3 Å². The number of H-pyrrole nitrogens is 1. The smallest absolute Gasteiger partial charge is 0.315 e. The number of carbonyl (C=O) groups is 9. The number of fused-ring (bicyclic) bond motifs is 2. The number of hydrogen-bond acceptors (Lipinski definition) is 16. The molecular formula is C59H80N12O12S3. The first-order chi connectivity index (χ1) is 41.4. The van der Waals surface area contributed by atoms with Gasteiger partial charge in [-0.3, -0.25) is 38.4 Å². The van der Waals surface area contributed by atoms with Crippen LogP contribution in [-0.4, -0.2) is 182 Å². The Balaban J connectivity index is 1.21. The van der Waals surface area contributed by atoms with Crippen molar-refractivity contribution >= 4 is 97.5 Å². The van der Waals surface area contributed by atoms with Crippen LogP contribution in [0.1, 0.15) is 75.5 Å². The molecule has 3 aliphatic heterocycles. The normalized spacial score (nSPS) is 24.8. The Morgan fingerprint density at radius 2 is 1.30 bits per heavy atom. The summed E-state index contributed by atoms with van der Waals surface area (Å²) in [5.74, 6) is -6.01. The van der Waals surface area contributed by atoms with Gasteiger partial charge in [0.15, 0.2) is 0 Å². The molecule has 16 N–H and O–H groups in total. The van der Waals surface area contributed by atoms with Gasteiger partial charge in [0.25, 0.3) is 0 Å². The summed E-state index contributed by atoms with van der Waals surface area (Å²) in [7, 11) is 2.00. The SMILES string of the molecule is C[C@@H](O)C1NC(=O)[C@H](CCCCN)NC(=O)[C@@H](Cc2c[nH]c3ccccc23)NC(=O)C(Cc2ccccc2)NC(=O)[C@@H](NC(=O)[C@@H](Cc2ccccc2)NC(=O)CCCC[C@@H]2SC[C@@H]3NC(=O)N[C@@H]32)CSSCC(C(=O)N[C@H](CO)[C@@H](C)O)NC1=O. The van der Waals surface area contributed by atoms with Crippen molar-refractivity contribution in [3.05, 3.63) is 108 Å². The van der Waals surface area contributed by atoms with Crippen molar-refractivity contribution in [3.8, 4) is 0 Å². The number of aliphatic hydroxyl groups is 3. The highest BCUT2D eigenvalue weighted by molar-refractivity contribution is 8.76. The zero-order valence-corrected chi connectivity index (χ0v) is 50.5. The van der Waals surface area contributed by atoms with E-state index in [1.54, 1.807) is 78.6 Å². The number of aliphatic hydroxyl groups excluding tert-OH is 3. The van der Waals surface area contributed by atoms with E-state index in [1.165, 1.54) is 13.8 Å². The van der Waals surface area contributed by atoms with Gasteiger partial charge >= 0.3 is 6.03 Å². The monoisotopic (exact) mass is 1240 g/mol. The number of unbranched alkanes of at least 4 members (excludes halogenated alkanes) is 2. The van der Waals surface area contributed by atoms with E-state index in [0.717, 1.165) is 44.7 Å². The molecule has 4 heterocycles. The molecule has 3 fully saturated rings. The van der Waals surface area contributed by atoms with Gasteiger partial charge in [0.05, 0.1) is 36.9 Å². The molecule has 10 amide bonds. The molecule has 24 nitrogen and oxygen atoms in total. The number of hydrogen-bond donors (Lipinski definition) is 15. The van der Waals surface area contributed by atoms with Crippen LogP contribution in [-0.2, 0) is 57.6 Å². The van der Waals surface area contributed by atoms with Crippen molar-refractivity contribution < 1.29 is 58.5 Å². The Morgan fingerprint density at radius 3 is 2.00 bits per heavy atom. The number of nitrogens with one attached hydrogen (secondary N) is 11. The maximum Gasteiger partial charge on any atom is 0.315 e. The fourth-order valence-electron chi connectivity index (χ4n) is 10.4. The fourth-order valence-corrected chi connectivity index (χ4v) is 14.2. The number of para-hydroxylation sites is 1. The van der Waals surface area contributed by atoms with Crippen LogP contribution in [0, 0.1) is 0 Å². The minimum absolute atomic E-state index is 0.00861. The van der Waals surface area contributed by atoms with Gasteiger partial charge in [0, 0.05) is 65.3 Å². The number of carbonyl (C=O) groups excluding carboxylic acids is 9. The Morgan fingerprint density at radius 1 is 0.663 bits per heavy atom. The van der Waals surface area contributed by atoms with Gasteiger partial charge < -0.3 is 79.2 Å². The van der Waals surface area contributed by atoms with Crippen LogP contribution in [0.15, 0.2) is 91.1 Å². The number of aromatic amines is 1. The quantitative estimate of drug-likeness (QED) is 0.0266.